The molecule has 0 aromatic rings. The topological polar surface area (TPSA) is 74.6 Å². The van der Waals surface area contributed by atoms with Crippen molar-refractivity contribution in [2.45, 2.75) is 173 Å². The van der Waals surface area contributed by atoms with Crippen molar-refractivity contribution in [1.29, 1.82) is 0 Å². The summed E-state index contributed by atoms with van der Waals surface area (Å²) in [6.07, 6.45) is 49.0. The molecule has 2 N–H and O–H groups in total. The molecule has 41 heavy (non-hydrogen) atoms. The predicted molar refractivity (Wildman–Crippen MR) is 176 cm³/mol. The third-order valence-corrected chi connectivity index (χ3v) is 7.48. The average Bonchev–Trinajstić information content (AvgIpc) is 2.94. The van der Waals surface area contributed by atoms with E-state index in [1.807, 2.05) is 0 Å². The first-order valence-electron chi connectivity index (χ1n) is 17.2. The summed E-state index contributed by atoms with van der Waals surface area (Å²) in [5.74, 6) is -1.35. The highest BCUT2D eigenvalue weighted by Gasteiger charge is 1.97. The van der Waals surface area contributed by atoms with Crippen molar-refractivity contribution in [3.05, 3.63) is 48.6 Å². The first-order valence-corrected chi connectivity index (χ1v) is 17.2. The summed E-state index contributed by atoms with van der Waals surface area (Å²) in [7, 11) is 0. The van der Waals surface area contributed by atoms with Crippen molar-refractivity contribution >= 4 is 11.9 Å². The molecule has 0 aliphatic heterocycles. The molecule has 0 unspecified atom stereocenters. The van der Waals surface area contributed by atoms with Crippen LogP contribution in [-0.2, 0) is 9.59 Å². The summed E-state index contributed by atoms with van der Waals surface area (Å²) < 4.78 is 0. The van der Waals surface area contributed by atoms with E-state index in [1.165, 1.54) is 96.3 Å². The van der Waals surface area contributed by atoms with Crippen molar-refractivity contribution in [2.24, 2.45) is 0 Å². The minimum absolute atomic E-state index is 0.315. The Morgan fingerprint density at radius 1 is 0.317 bits per heavy atom. The monoisotopic (exact) mass is 572 g/mol. The molecule has 0 rings (SSSR count). The van der Waals surface area contributed by atoms with E-state index in [2.05, 4.69) is 48.6 Å². The maximum absolute atomic E-state index is 10.5. The summed E-state index contributed by atoms with van der Waals surface area (Å²) in [5, 5.41) is 17.2. The molecule has 0 saturated heterocycles. The predicted octanol–water partition coefficient (Wildman–Crippen LogP) is 11.9. The maximum atomic E-state index is 10.5. The van der Waals surface area contributed by atoms with Crippen LogP contribution in [0.25, 0.3) is 0 Å². The van der Waals surface area contributed by atoms with E-state index < -0.39 is 11.9 Å². The zero-order valence-corrected chi connectivity index (χ0v) is 26.4. The van der Waals surface area contributed by atoms with Crippen molar-refractivity contribution in [3.8, 4) is 0 Å². The van der Waals surface area contributed by atoms with Gasteiger partial charge in [-0.1, -0.05) is 132 Å². The van der Waals surface area contributed by atoms with E-state index in [0.29, 0.717) is 12.8 Å². The van der Waals surface area contributed by atoms with Crippen LogP contribution in [0.3, 0.4) is 0 Å². The Labute approximate surface area is 253 Å². The van der Waals surface area contributed by atoms with Gasteiger partial charge in [0.15, 0.2) is 0 Å². The van der Waals surface area contributed by atoms with Crippen LogP contribution >= 0.6 is 0 Å². The third kappa shape index (κ3) is 37.9. The standard InChI is InChI=1S/C37H64O4/c38-36(39)34-32-30-28-26-24-22-20-18-16-14-12-10-8-6-4-2-1-3-5-7-9-11-13-15-17-19-21-23-25-27-29-31-33-35-37(40)41/h12-15,18-21H,1-11,16-17,22-35H2,(H,38,39)(H,40,41)/b14-12-,15-13-,20-18-,21-19-. The fourth-order valence-corrected chi connectivity index (χ4v) is 4.91. The van der Waals surface area contributed by atoms with Crippen molar-refractivity contribution < 1.29 is 19.8 Å². The maximum Gasteiger partial charge on any atom is 0.303 e. The molecule has 0 atom stereocenters. The highest BCUT2D eigenvalue weighted by atomic mass is 16.4. The number of carboxylic acids is 2. The molecule has 0 aliphatic rings. The average molecular weight is 573 g/mol. The minimum atomic E-state index is -0.674. The van der Waals surface area contributed by atoms with Gasteiger partial charge in [0.25, 0.3) is 0 Å². The second kappa shape index (κ2) is 34.1. The van der Waals surface area contributed by atoms with Crippen molar-refractivity contribution in [3.63, 3.8) is 0 Å². The number of unbranched alkanes of at least 4 members (excludes halogenated alkanes) is 20. The van der Waals surface area contributed by atoms with Gasteiger partial charge in [-0.05, 0) is 77.0 Å². The van der Waals surface area contributed by atoms with E-state index in [0.717, 1.165) is 64.2 Å². The summed E-state index contributed by atoms with van der Waals surface area (Å²) in [5.41, 5.74) is 0. The number of aliphatic carboxylic acids is 2. The second-order valence-electron chi connectivity index (χ2n) is 11.5. The number of carboxylic acid groups (broad SMARTS) is 2. The van der Waals surface area contributed by atoms with Crippen molar-refractivity contribution in [1.82, 2.24) is 0 Å². The molecule has 236 valence electrons. The van der Waals surface area contributed by atoms with Gasteiger partial charge in [0.05, 0.1) is 0 Å². The van der Waals surface area contributed by atoms with Crippen LogP contribution in [0.4, 0.5) is 0 Å². The van der Waals surface area contributed by atoms with Gasteiger partial charge in [0.1, 0.15) is 0 Å². The highest BCUT2D eigenvalue weighted by molar-refractivity contribution is 5.66. The van der Waals surface area contributed by atoms with E-state index >= 15 is 0 Å². The molecule has 0 bridgehead atoms. The van der Waals surface area contributed by atoms with Gasteiger partial charge in [-0.25, -0.2) is 0 Å². The van der Waals surface area contributed by atoms with E-state index in [-0.39, 0.29) is 0 Å². The molecule has 0 spiro atoms. The van der Waals surface area contributed by atoms with Crippen LogP contribution in [0.5, 0.6) is 0 Å². The Morgan fingerprint density at radius 2 is 0.537 bits per heavy atom. The number of hydrogen-bond acceptors (Lipinski definition) is 2. The summed E-state index contributed by atoms with van der Waals surface area (Å²) in [6.45, 7) is 0. The van der Waals surface area contributed by atoms with Crippen LogP contribution in [0.2, 0.25) is 0 Å². The Bertz CT molecular complexity index is 631. The zero-order valence-electron chi connectivity index (χ0n) is 26.4. The molecular weight excluding hydrogens is 508 g/mol. The number of carbonyl (C=O) groups is 2. The smallest absolute Gasteiger partial charge is 0.303 e. The Kier molecular flexibility index (Phi) is 32.4. The third-order valence-electron chi connectivity index (χ3n) is 7.48. The molecule has 0 fully saturated rings. The lowest BCUT2D eigenvalue weighted by molar-refractivity contribution is -0.138. The zero-order chi connectivity index (χ0) is 29.9. The van der Waals surface area contributed by atoms with Gasteiger partial charge in [0.2, 0.25) is 0 Å². The fraction of sp³-hybridized carbons (Fsp3) is 0.730. The fourth-order valence-electron chi connectivity index (χ4n) is 4.91. The molecule has 0 aromatic carbocycles. The van der Waals surface area contributed by atoms with Gasteiger partial charge < -0.3 is 10.2 Å². The van der Waals surface area contributed by atoms with Crippen LogP contribution in [0.1, 0.15) is 173 Å². The summed E-state index contributed by atoms with van der Waals surface area (Å²) in [4.78, 5) is 20.9. The van der Waals surface area contributed by atoms with Gasteiger partial charge in [-0.3, -0.25) is 9.59 Å². The number of allylic oxidation sites excluding steroid dienone is 8. The van der Waals surface area contributed by atoms with Crippen LogP contribution in [0, 0.1) is 0 Å². The van der Waals surface area contributed by atoms with Gasteiger partial charge in [-0.15, -0.1) is 0 Å². The molecule has 4 heteroatoms. The number of rotatable bonds is 32. The van der Waals surface area contributed by atoms with E-state index in [1.54, 1.807) is 0 Å². The van der Waals surface area contributed by atoms with Gasteiger partial charge >= 0.3 is 11.9 Å². The van der Waals surface area contributed by atoms with E-state index in [9.17, 15) is 9.59 Å². The van der Waals surface area contributed by atoms with Crippen LogP contribution in [0.15, 0.2) is 48.6 Å². The Morgan fingerprint density at radius 3 is 0.780 bits per heavy atom. The Hall–Kier alpha value is -2.10. The van der Waals surface area contributed by atoms with Crippen molar-refractivity contribution in [2.75, 3.05) is 0 Å². The van der Waals surface area contributed by atoms with E-state index in [4.69, 9.17) is 10.2 Å². The normalized spacial score (nSPS) is 12.1. The SMILES string of the molecule is O=C(O)CCCCCCC/C=C\C/C=C\CCCCCCCCCCC/C=C\C/C=C\CCCCCCCC(=O)O. The molecule has 0 aliphatic carbocycles. The van der Waals surface area contributed by atoms with Crippen LogP contribution < -0.4 is 0 Å². The highest BCUT2D eigenvalue weighted by Crippen LogP contribution is 2.13. The molecule has 0 radical (unpaired) electrons. The summed E-state index contributed by atoms with van der Waals surface area (Å²) in [6, 6.07) is 0. The molecule has 0 heterocycles. The lowest BCUT2D eigenvalue weighted by atomic mass is 10.1. The quantitative estimate of drug-likeness (QED) is 0.0621. The van der Waals surface area contributed by atoms with Gasteiger partial charge in [-0.2, -0.15) is 0 Å². The largest absolute Gasteiger partial charge is 0.481 e. The lowest BCUT2D eigenvalue weighted by Gasteiger charge is -2.01. The molecule has 4 nitrogen and oxygen atoms in total. The molecule has 0 amide bonds. The Balaban J connectivity index is 3.25. The molecular formula is C37H64O4. The van der Waals surface area contributed by atoms with Gasteiger partial charge in [0, 0.05) is 12.8 Å². The lowest BCUT2D eigenvalue weighted by Crippen LogP contribution is -1.93. The first kappa shape index (κ1) is 38.9. The molecule has 0 saturated carbocycles. The molecule has 0 aromatic heterocycles. The first-order chi connectivity index (χ1) is 20.1. The second-order valence-corrected chi connectivity index (χ2v) is 11.5. The summed E-state index contributed by atoms with van der Waals surface area (Å²) >= 11 is 0. The number of hydrogen-bond donors (Lipinski definition) is 2. The van der Waals surface area contributed by atoms with Crippen LogP contribution in [-0.4, -0.2) is 22.2 Å². The minimum Gasteiger partial charge on any atom is -0.481 e.